The van der Waals surface area contributed by atoms with E-state index in [1.54, 1.807) is 25.4 Å². The van der Waals surface area contributed by atoms with Gasteiger partial charge in [0.05, 0.1) is 23.6 Å². The molecule has 0 aliphatic carbocycles. The van der Waals surface area contributed by atoms with Crippen LogP contribution in [0, 0.1) is 0 Å². The fourth-order valence-corrected chi connectivity index (χ4v) is 1.69. The highest BCUT2D eigenvalue weighted by Crippen LogP contribution is 2.31. The van der Waals surface area contributed by atoms with Crippen LogP contribution in [0.5, 0.6) is 0 Å². The van der Waals surface area contributed by atoms with Gasteiger partial charge in [-0.15, -0.1) is 0 Å². The molecule has 0 aliphatic heterocycles. The van der Waals surface area contributed by atoms with Gasteiger partial charge in [-0.2, -0.15) is 13.2 Å². The van der Waals surface area contributed by atoms with Crippen LogP contribution in [0.15, 0.2) is 43.0 Å². The normalized spacial score (nSPS) is 13.1. The van der Waals surface area contributed by atoms with E-state index >= 15 is 0 Å². The average molecular weight is 267 g/mol. The van der Waals surface area contributed by atoms with E-state index in [0.717, 1.165) is 12.1 Å². The molecule has 0 spiro atoms. The lowest BCUT2D eigenvalue weighted by atomic mass is 10.0. The van der Waals surface area contributed by atoms with Gasteiger partial charge in [0.15, 0.2) is 0 Å². The van der Waals surface area contributed by atoms with Crippen molar-refractivity contribution in [2.75, 3.05) is 5.32 Å². The molecule has 1 heterocycles. The van der Waals surface area contributed by atoms with E-state index in [0.29, 0.717) is 11.3 Å². The molecule has 0 saturated heterocycles. The summed E-state index contributed by atoms with van der Waals surface area (Å²) in [6.45, 7) is 1.78. The summed E-state index contributed by atoms with van der Waals surface area (Å²) in [6, 6.07) is 4.98. The average Bonchev–Trinajstić information content (AvgIpc) is 2.39. The molecule has 0 fully saturated rings. The smallest absolute Gasteiger partial charge is 0.376 e. The molecule has 1 unspecified atom stereocenters. The zero-order valence-electron chi connectivity index (χ0n) is 10.1. The van der Waals surface area contributed by atoms with Crippen LogP contribution in [-0.2, 0) is 6.18 Å². The number of hydrogen-bond donors (Lipinski definition) is 1. The number of aromatic nitrogens is 2. The number of benzene rings is 1. The first-order chi connectivity index (χ1) is 8.97. The maximum Gasteiger partial charge on any atom is 0.416 e. The fourth-order valence-electron chi connectivity index (χ4n) is 1.69. The Morgan fingerprint density at radius 1 is 1.16 bits per heavy atom. The second-order valence-corrected chi connectivity index (χ2v) is 4.12. The molecule has 2 aromatic rings. The summed E-state index contributed by atoms with van der Waals surface area (Å²) in [7, 11) is 0. The number of alkyl halides is 3. The Kier molecular flexibility index (Phi) is 3.69. The Morgan fingerprint density at radius 2 is 1.84 bits per heavy atom. The van der Waals surface area contributed by atoms with Crippen LogP contribution >= 0.6 is 0 Å². The minimum atomic E-state index is -4.33. The van der Waals surface area contributed by atoms with E-state index in [9.17, 15) is 13.2 Å². The van der Waals surface area contributed by atoms with Gasteiger partial charge < -0.3 is 5.32 Å². The predicted octanol–water partition coefficient (Wildman–Crippen LogP) is 3.67. The van der Waals surface area contributed by atoms with Crippen molar-refractivity contribution >= 4 is 5.69 Å². The molecule has 19 heavy (non-hydrogen) atoms. The fraction of sp³-hybridized carbons (Fsp3) is 0.231. The van der Waals surface area contributed by atoms with Gasteiger partial charge in [0.2, 0.25) is 0 Å². The van der Waals surface area contributed by atoms with Crippen molar-refractivity contribution in [3.8, 4) is 0 Å². The number of halogens is 3. The van der Waals surface area contributed by atoms with Gasteiger partial charge in [-0.05, 0) is 24.6 Å². The molecule has 0 saturated carbocycles. The van der Waals surface area contributed by atoms with Crippen molar-refractivity contribution in [1.29, 1.82) is 0 Å². The highest BCUT2D eigenvalue weighted by molar-refractivity contribution is 5.41. The van der Waals surface area contributed by atoms with Gasteiger partial charge in [-0.25, -0.2) is 9.97 Å². The lowest BCUT2D eigenvalue weighted by Gasteiger charge is -2.16. The first-order valence-corrected chi connectivity index (χ1v) is 5.65. The van der Waals surface area contributed by atoms with Gasteiger partial charge in [-0.3, -0.25) is 0 Å². The highest BCUT2D eigenvalue weighted by Gasteiger charge is 2.30. The second-order valence-electron chi connectivity index (χ2n) is 4.12. The minimum absolute atomic E-state index is 0.270. The Balaban J connectivity index is 2.18. The molecule has 0 aliphatic rings. The van der Waals surface area contributed by atoms with E-state index in [-0.39, 0.29) is 6.04 Å². The lowest BCUT2D eigenvalue weighted by molar-refractivity contribution is -0.137. The third-order valence-corrected chi connectivity index (χ3v) is 2.66. The monoisotopic (exact) mass is 267 g/mol. The molecule has 3 nitrogen and oxygen atoms in total. The molecule has 1 aromatic carbocycles. The molecule has 0 radical (unpaired) electrons. The number of rotatable bonds is 3. The second kappa shape index (κ2) is 5.26. The van der Waals surface area contributed by atoms with Crippen LogP contribution < -0.4 is 5.32 Å². The van der Waals surface area contributed by atoms with Crippen LogP contribution in [0.2, 0.25) is 0 Å². The maximum atomic E-state index is 12.6. The molecule has 2 rings (SSSR count). The van der Waals surface area contributed by atoms with Crippen LogP contribution in [0.25, 0.3) is 0 Å². The molecule has 0 bridgehead atoms. The van der Waals surface area contributed by atoms with Gasteiger partial charge in [0, 0.05) is 6.04 Å². The summed E-state index contributed by atoms with van der Waals surface area (Å²) >= 11 is 0. The molecule has 0 amide bonds. The Morgan fingerprint density at radius 3 is 2.47 bits per heavy atom. The van der Waals surface area contributed by atoms with Crippen molar-refractivity contribution in [2.45, 2.75) is 19.1 Å². The Labute approximate surface area is 108 Å². The van der Waals surface area contributed by atoms with Crippen molar-refractivity contribution in [3.05, 3.63) is 54.1 Å². The van der Waals surface area contributed by atoms with Crippen molar-refractivity contribution < 1.29 is 13.2 Å². The van der Waals surface area contributed by atoms with Crippen molar-refractivity contribution in [3.63, 3.8) is 0 Å². The summed E-state index contributed by atoms with van der Waals surface area (Å²) in [5, 5.41) is 3.04. The lowest BCUT2D eigenvalue weighted by Crippen LogP contribution is -2.10. The third-order valence-electron chi connectivity index (χ3n) is 2.66. The first kappa shape index (κ1) is 13.3. The molecule has 100 valence electrons. The standard InChI is InChI=1S/C13H12F3N3/c1-9(19-12-6-17-8-18-7-12)10-3-2-4-11(5-10)13(14,15)16/h2-9,19H,1H3. The number of anilines is 1. The van der Waals surface area contributed by atoms with Crippen LogP contribution in [0.3, 0.4) is 0 Å². The van der Waals surface area contributed by atoms with Gasteiger partial charge in [0.1, 0.15) is 6.33 Å². The van der Waals surface area contributed by atoms with Gasteiger partial charge >= 0.3 is 6.18 Å². The molecule has 1 aromatic heterocycles. The highest BCUT2D eigenvalue weighted by atomic mass is 19.4. The molecule has 1 atom stereocenters. The van der Waals surface area contributed by atoms with E-state index < -0.39 is 11.7 Å². The SMILES string of the molecule is CC(Nc1cncnc1)c1cccc(C(F)(F)F)c1. The van der Waals surface area contributed by atoms with Crippen molar-refractivity contribution in [2.24, 2.45) is 0 Å². The summed E-state index contributed by atoms with van der Waals surface area (Å²) in [5.74, 6) is 0. The molecular weight excluding hydrogens is 255 g/mol. The Hall–Kier alpha value is -2.11. The summed E-state index contributed by atoms with van der Waals surface area (Å²) in [6.07, 6.45) is 0.194. The zero-order chi connectivity index (χ0) is 13.9. The van der Waals surface area contributed by atoms with Gasteiger partial charge in [0.25, 0.3) is 0 Å². The number of nitrogens with one attached hydrogen (secondary N) is 1. The summed E-state index contributed by atoms with van der Waals surface area (Å²) in [4.78, 5) is 7.67. The predicted molar refractivity (Wildman–Crippen MR) is 65.5 cm³/mol. The van der Waals surface area contributed by atoms with Crippen LogP contribution in [0.4, 0.5) is 18.9 Å². The number of hydrogen-bond acceptors (Lipinski definition) is 3. The topological polar surface area (TPSA) is 37.8 Å². The van der Waals surface area contributed by atoms with Gasteiger partial charge in [-0.1, -0.05) is 12.1 Å². The maximum absolute atomic E-state index is 12.6. The van der Waals surface area contributed by atoms with E-state index in [4.69, 9.17) is 0 Å². The van der Waals surface area contributed by atoms with E-state index in [1.165, 1.54) is 12.4 Å². The van der Waals surface area contributed by atoms with Crippen molar-refractivity contribution in [1.82, 2.24) is 9.97 Å². The molecular formula is C13H12F3N3. The van der Waals surface area contributed by atoms with E-state index in [2.05, 4.69) is 15.3 Å². The largest absolute Gasteiger partial charge is 0.416 e. The quantitative estimate of drug-likeness (QED) is 0.922. The van der Waals surface area contributed by atoms with Crippen LogP contribution in [0.1, 0.15) is 24.1 Å². The zero-order valence-corrected chi connectivity index (χ0v) is 10.1. The van der Waals surface area contributed by atoms with Crippen LogP contribution in [-0.4, -0.2) is 9.97 Å². The summed E-state index contributed by atoms with van der Waals surface area (Å²) in [5.41, 5.74) is 0.564. The summed E-state index contributed by atoms with van der Waals surface area (Å²) < 4.78 is 37.9. The molecule has 6 heteroatoms. The van der Waals surface area contributed by atoms with E-state index in [1.807, 2.05) is 0 Å². The number of nitrogens with zero attached hydrogens (tertiary/aromatic N) is 2. The first-order valence-electron chi connectivity index (χ1n) is 5.65. The Bertz CT molecular complexity index is 540. The molecule has 1 N–H and O–H groups in total. The minimum Gasteiger partial charge on any atom is -0.376 e. The third kappa shape index (κ3) is 3.43.